The van der Waals surface area contributed by atoms with Gasteiger partial charge >= 0.3 is 12.1 Å². The molecule has 0 aliphatic rings. The van der Waals surface area contributed by atoms with Crippen molar-refractivity contribution in [2.24, 2.45) is 5.92 Å². The van der Waals surface area contributed by atoms with E-state index >= 15 is 0 Å². The number of alkyl halides is 3. The number of hydrogen-bond donors (Lipinski definition) is 2. The normalized spacial score (nSPS) is 12.8. The van der Waals surface area contributed by atoms with Crippen LogP contribution in [0.2, 0.25) is 0 Å². The molecule has 0 bridgehead atoms. The fraction of sp³-hybridized carbons (Fsp3) is 0.231. The van der Waals surface area contributed by atoms with Crippen molar-refractivity contribution < 1.29 is 27.9 Å². The van der Waals surface area contributed by atoms with Crippen molar-refractivity contribution in [3.05, 3.63) is 89.6 Å². The third-order valence-corrected chi connectivity index (χ3v) is 5.32. The van der Waals surface area contributed by atoms with Crippen LogP contribution in [0.1, 0.15) is 35.3 Å². The number of amides is 1. The number of rotatable bonds is 8. The van der Waals surface area contributed by atoms with E-state index in [-0.39, 0.29) is 5.92 Å². The summed E-state index contributed by atoms with van der Waals surface area (Å²) in [4.78, 5) is 23.8. The fourth-order valence-electron chi connectivity index (χ4n) is 3.49. The Morgan fingerprint density at radius 3 is 2.38 bits per heavy atom. The number of nitrogens with zero attached hydrogens (tertiary/aromatic N) is 1. The van der Waals surface area contributed by atoms with Crippen LogP contribution >= 0.6 is 0 Å². The summed E-state index contributed by atoms with van der Waals surface area (Å²) in [5, 5.41) is 11.8. The van der Waals surface area contributed by atoms with Crippen LogP contribution in [0, 0.1) is 5.92 Å². The van der Waals surface area contributed by atoms with Gasteiger partial charge in [-0.1, -0.05) is 50.3 Å². The molecule has 1 heterocycles. The minimum absolute atomic E-state index is 0.259. The molecule has 5 nitrogen and oxygen atoms in total. The first-order valence-electron chi connectivity index (χ1n) is 10.7. The monoisotopic (exact) mass is 470 g/mol. The third-order valence-electron chi connectivity index (χ3n) is 5.32. The molecular weight excluding hydrogens is 445 g/mol. The molecule has 8 heteroatoms. The lowest BCUT2D eigenvalue weighted by Crippen LogP contribution is -2.44. The van der Waals surface area contributed by atoms with Crippen molar-refractivity contribution in [3.8, 4) is 11.3 Å². The standard InChI is InChI=1S/C26H25F3N2O3/c1-17(2)23(25(33)34)30-24(32)20-8-3-6-18(16-20)7-4-14-31-15-5-9-22(31)19-10-12-21(13-11-19)26(27,28)29/h3-13,15-17,23H,14H2,1-2H3,(H,30,32)(H,33,34)/b7-4+/t23-/m0/s1. The summed E-state index contributed by atoms with van der Waals surface area (Å²) in [6.07, 6.45) is 1.15. The molecule has 2 N–H and O–H groups in total. The van der Waals surface area contributed by atoms with Crippen LogP contribution in [0.4, 0.5) is 13.2 Å². The van der Waals surface area contributed by atoms with Gasteiger partial charge in [-0.05, 0) is 53.4 Å². The van der Waals surface area contributed by atoms with Crippen LogP contribution in [-0.2, 0) is 17.5 Å². The van der Waals surface area contributed by atoms with Gasteiger partial charge in [-0.15, -0.1) is 0 Å². The van der Waals surface area contributed by atoms with Crippen LogP contribution in [0.25, 0.3) is 17.3 Å². The molecule has 3 rings (SSSR count). The van der Waals surface area contributed by atoms with Gasteiger partial charge in [-0.2, -0.15) is 13.2 Å². The molecule has 2 aromatic carbocycles. The van der Waals surface area contributed by atoms with Crippen molar-refractivity contribution in [3.63, 3.8) is 0 Å². The maximum Gasteiger partial charge on any atom is 0.416 e. The van der Waals surface area contributed by atoms with Gasteiger partial charge in [-0.25, -0.2) is 4.79 Å². The van der Waals surface area contributed by atoms with Crippen LogP contribution in [0.5, 0.6) is 0 Å². The van der Waals surface area contributed by atoms with Gasteiger partial charge in [-0.3, -0.25) is 4.79 Å². The number of carboxylic acids is 1. The van der Waals surface area contributed by atoms with Crippen molar-refractivity contribution in [1.82, 2.24) is 9.88 Å². The van der Waals surface area contributed by atoms with E-state index in [0.717, 1.165) is 23.4 Å². The molecule has 0 saturated heterocycles. The molecule has 0 saturated carbocycles. The minimum Gasteiger partial charge on any atom is -0.480 e. The first-order valence-corrected chi connectivity index (χ1v) is 10.7. The molecule has 1 amide bonds. The fourth-order valence-corrected chi connectivity index (χ4v) is 3.49. The summed E-state index contributed by atoms with van der Waals surface area (Å²) >= 11 is 0. The number of allylic oxidation sites excluding steroid dienone is 1. The van der Waals surface area contributed by atoms with Crippen LogP contribution in [0.3, 0.4) is 0 Å². The Labute approximate surface area is 195 Å². The van der Waals surface area contributed by atoms with Gasteiger partial charge < -0.3 is 15.0 Å². The highest BCUT2D eigenvalue weighted by Crippen LogP contribution is 2.31. The lowest BCUT2D eigenvalue weighted by molar-refractivity contribution is -0.140. The smallest absolute Gasteiger partial charge is 0.416 e. The zero-order chi connectivity index (χ0) is 24.9. The van der Waals surface area contributed by atoms with E-state index in [9.17, 15) is 27.9 Å². The number of nitrogens with one attached hydrogen (secondary N) is 1. The van der Waals surface area contributed by atoms with E-state index in [2.05, 4.69) is 5.32 Å². The Morgan fingerprint density at radius 2 is 1.76 bits per heavy atom. The Balaban J connectivity index is 1.70. The van der Waals surface area contributed by atoms with Gasteiger partial charge in [0.25, 0.3) is 5.91 Å². The second kappa shape index (κ2) is 10.4. The average Bonchev–Trinajstić information content (AvgIpc) is 3.25. The SMILES string of the molecule is CC(C)[C@H](NC(=O)c1cccc(/C=C/Cn2cccc2-c2ccc(C(F)(F)F)cc2)c1)C(=O)O. The number of halogens is 3. The number of aromatic nitrogens is 1. The molecule has 34 heavy (non-hydrogen) atoms. The lowest BCUT2D eigenvalue weighted by atomic mass is 10.0. The topological polar surface area (TPSA) is 71.3 Å². The molecule has 0 spiro atoms. The molecule has 0 aliphatic carbocycles. The predicted octanol–water partition coefficient (Wildman–Crippen LogP) is 5.73. The summed E-state index contributed by atoms with van der Waals surface area (Å²) < 4.78 is 40.3. The second-order valence-corrected chi connectivity index (χ2v) is 8.18. The molecule has 3 aromatic rings. The molecule has 1 atom stereocenters. The number of hydrogen-bond acceptors (Lipinski definition) is 2. The first kappa shape index (κ1) is 24.8. The van der Waals surface area contributed by atoms with Crippen molar-refractivity contribution in [2.45, 2.75) is 32.6 Å². The highest BCUT2D eigenvalue weighted by molar-refractivity contribution is 5.97. The van der Waals surface area contributed by atoms with E-state index in [0.29, 0.717) is 17.7 Å². The van der Waals surface area contributed by atoms with Gasteiger partial charge in [0.15, 0.2) is 0 Å². The second-order valence-electron chi connectivity index (χ2n) is 8.18. The largest absolute Gasteiger partial charge is 0.480 e. The Morgan fingerprint density at radius 1 is 1.06 bits per heavy atom. The van der Waals surface area contributed by atoms with E-state index in [1.165, 1.54) is 12.1 Å². The summed E-state index contributed by atoms with van der Waals surface area (Å²) in [6.45, 7) is 3.91. The highest BCUT2D eigenvalue weighted by Gasteiger charge is 2.30. The summed E-state index contributed by atoms with van der Waals surface area (Å²) in [7, 11) is 0. The Bertz CT molecular complexity index is 1180. The van der Waals surface area contributed by atoms with Crippen molar-refractivity contribution in [2.75, 3.05) is 0 Å². The maximum atomic E-state index is 12.8. The maximum absolute atomic E-state index is 12.8. The minimum atomic E-state index is -4.38. The summed E-state index contributed by atoms with van der Waals surface area (Å²) in [5.74, 6) is -1.81. The molecule has 0 radical (unpaired) electrons. The summed E-state index contributed by atoms with van der Waals surface area (Å²) in [6, 6.07) is 14.5. The average molecular weight is 470 g/mol. The number of aliphatic carboxylic acids is 1. The molecule has 178 valence electrons. The quantitative estimate of drug-likeness (QED) is 0.442. The van der Waals surface area contributed by atoms with E-state index in [4.69, 9.17) is 0 Å². The lowest BCUT2D eigenvalue weighted by Gasteiger charge is -2.18. The van der Waals surface area contributed by atoms with Crippen LogP contribution in [0.15, 0.2) is 72.9 Å². The number of carbonyl (C=O) groups is 2. The first-order chi connectivity index (χ1) is 16.1. The molecular formula is C26H25F3N2O3. The summed E-state index contributed by atoms with van der Waals surface area (Å²) in [5.41, 5.74) is 1.86. The van der Waals surface area contributed by atoms with Gasteiger partial charge in [0.1, 0.15) is 6.04 Å². The predicted molar refractivity (Wildman–Crippen MR) is 124 cm³/mol. The molecule has 0 unspecified atom stereocenters. The van der Waals surface area contributed by atoms with Crippen LogP contribution < -0.4 is 5.32 Å². The van der Waals surface area contributed by atoms with Crippen LogP contribution in [-0.4, -0.2) is 27.6 Å². The zero-order valence-electron chi connectivity index (χ0n) is 18.7. The molecule has 0 aliphatic heterocycles. The number of benzene rings is 2. The van der Waals surface area contributed by atoms with E-state index < -0.39 is 29.7 Å². The van der Waals surface area contributed by atoms with Gasteiger partial charge in [0, 0.05) is 24.0 Å². The number of carboxylic acid groups (broad SMARTS) is 1. The van der Waals surface area contributed by atoms with E-state index in [1.54, 1.807) is 32.0 Å². The number of carbonyl (C=O) groups excluding carboxylic acids is 1. The van der Waals surface area contributed by atoms with Gasteiger partial charge in [0.05, 0.1) is 5.56 Å². The zero-order valence-corrected chi connectivity index (χ0v) is 18.7. The Kier molecular flexibility index (Phi) is 7.61. The van der Waals surface area contributed by atoms with E-state index in [1.807, 2.05) is 41.1 Å². The highest BCUT2D eigenvalue weighted by atomic mass is 19.4. The van der Waals surface area contributed by atoms with Crippen molar-refractivity contribution in [1.29, 1.82) is 0 Å². The third kappa shape index (κ3) is 6.15. The molecule has 0 fully saturated rings. The van der Waals surface area contributed by atoms with Gasteiger partial charge in [0.2, 0.25) is 0 Å². The van der Waals surface area contributed by atoms with Crippen molar-refractivity contribution >= 4 is 18.0 Å². The molecule has 1 aromatic heterocycles. The Hall–Kier alpha value is -3.81.